The number of rotatable bonds is 5. The van der Waals surface area contributed by atoms with Gasteiger partial charge < -0.3 is 0 Å². The summed E-state index contributed by atoms with van der Waals surface area (Å²) in [7, 11) is -3.28. The van der Waals surface area contributed by atoms with Gasteiger partial charge >= 0.3 is 0 Å². The molecule has 0 radical (unpaired) electrons. The average molecular weight is 403 g/mol. The van der Waals surface area contributed by atoms with Crippen molar-refractivity contribution in [2.45, 2.75) is 17.9 Å². The van der Waals surface area contributed by atoms with Gasteiger partial charge in [0, 0.05) is 36.5 Å². The Kier molecular flexibility index (Phi) is 5.08. The summed E-state index contributed by atoms with van der Waals surface area (Å²) >= 11 is 1.56. The van der Waals surface area contributed by atoms with E-state index in [9.17, 15) is 12.8 Å². The highest BCUT2D eigenvalue weighted by Crippen LogP contribution is 2.32. The first kappa shape index (κ1) is 18.3. The second kappa shape index (κ2) is 7.50. The monoisotopic (exact) mass is 402 g/mol. The lowest BCUT2D eigenvalue weighted by Gasteiger charge is -2.25. The first-order chi connectivity index (χ1) is 13.0. The van der Waals surface area contributed by atoms with Crippen LogP contribution in [0.5, 0.6) is 0 Å². The van der Waals surface area contributed by atoms with Crippen LogP contribution in [0.25, 0.3) is 10.6 Å². The average Bonchev–Trinajstić information content (AvgIpc) is 3.11. The molecular formula is C20H19FN2O2S2. The van der Waals surface area contributed by atoms with Crippen LogP contribution in [0.3, 0.4) is 0 Å². The summed E-state index contributed by atoms with van der Waals surface area (Å²) in [5, 5.41) is 0.818. The molecule has 1 aliphatic rings. The van der Waals surface area contributed by atoms with Crippen molar-refractivity contribution in [2.75, 3.05) is 18.8 Å². The van der Waals surface area contributed by atoms with Gasteiger partial charge in [0.1, 0.15) is 10.8 Å². The van der Waals surface area contributed by atoms with Crippen molar-refractivity contribution in [1.29, 1.82) is 0 Å². The van der Waals surface area contributed by atoms with E-state index in [0.29, 0.717) is 18.0 Å². The molecule has 3 aromatic rings. The Morgan fingerprint density at radius 2 is 1.93 bits per heavy atom. The van der Waals surface area contributed by atoms with Crippen LogP contribution >= 0.6 is 11.3 Å². The Balaban J connectivity index is 1.44. The molecule has 0 aliphatic carbocycles. The zero-order valence-electron chi connectivity index (χ0n) is 14.6. The van der Waals surface area contributed by atoms with Crippen molar-refractivity contribution >= 4 is 21.2 Å². The van der Waals surface area contributed by atoms with Crippen molar-refractivity contribution < 1.29 is 12.8 Å². The van der Waals surface area contributed by atoms with Crippen molar-refractivity contribution in [3.8, 4) is 10.6 Å². The standard InChI is InChI=1S/C20H19FN2O2S2/c21-16-6-4-5-15(13-16)20-22-18-9-10-23(14-19(18)26-20)11-12-27(24,25)17-7-2-1-3-8-17/h1-8,13H,9-12,14H2. The van der Waals surface area contributed by atoms with Crippen LogP contribution in [-0.2, 0) is 22.8 Å². The van der Waals surface area contributed by atoms with E-state index in [0.717, 1.165) is 34.1 Å². The molecule has 4 nitrogen and oxygen atoms in total. The van der Waals surface area contributed by atoms with E-state index in [1.165, 1.54) is 12.1 Å². The fourth-order valence-corrected chi connectivity index (χ4v) is 5.63. The molecule has 0 amide bonds. The molecule has 1 aromatic heterocycles. The predicted molar refractivity (Wildman–Crippen MR) is 105 cm³/mol. The molecule has 0 N–H and O–H groups in total. The smallest absolute Gasteiger partial charge is 0.179 e. The first-order valence-electron chi connectivity index (χ1n) is 8.76. The topological polar surface area (TPSA) is 50.3 Å². The molecule has 0 unspecified atom stereocenters. The largest absolute Gasteiger partial charge is 0.297 e. The Morgan fingerprint density at radius 3 is 2.70 bits per heavy atom. The van der Waals surface area contributed by atoms with Crippen LogP contribution in [0, 0.1) is 5.82 Å². The lowest BCUT2D eigenvalue weighted by molar-refractivity contribution is 0.270. The van der Waals surface area contributed by atoms with E-state index >= 15 is 0 Å². The van der Waals surface area contributed by atoms with E-state index in [2.05, 4.69) is 9.88 Å². The summed E-state index contributed by atoms with van der Waals surface area (Å²) < 4.78 is 38.4. The minimum absolute atomic E-state index is 0.0991. The number of hydrogen-bond donors (Lipinski definition) is 0. The molecule has 0 saturated carbocycles. The summed E-state index contributed by atoms with van der Waals surface area (Å²) in [5.74, 6) is -0.171. The molecule has 7 heteroatoms. The van der Waals surface area contributed by atoms with Gasteiger partial charge in [0.05, 0.1) is 16.3 Å². The number of sulfone groups is 1. The highest BCUT2D eigenvalue weighted by atomic mass is 32.2. The normalized spacial score (nSPS) is 14.9. The quantitative estimate of drug-likeness (QED) is 0.652. The molecule has 27 heavy (non-hydrogen) atoms. The predicted octanol–water partition coefficient (Wildman–Crippen LogP) is 3.78. The summed E-state index contributed by atoms with van der Waals surface area (Å²) in [5.41, 5.74) is 1.83. The van der Waals surface area contributed by atoms with Crippen LogP contribution in [0.1, 0.15) is 10.6 Å². The third-order valence-corrected chi connectivity index (χ3v) is 7.50. The van der Waals surface area contributed by atoms with Gasteiger partial charge in [-0.1, -0.05) is 30.3 Å². The van der Waals surface area contributed by atoms with E-state index < -0.39 is 9.84 Å². The van der Waals surface area contributed by atoms with Crippen molar-refractivity contribution in [2.24, 2.45) is 0 Å². The van der Waals surface area contributed by atoms with Gasteiger partial charge in [-0.05, 0) is 24.3 Å². The Hall–Kier alpha value is -2.09. The highest BCUT2D eigenvalue weighted by Gasteiger charge is 2.23. The second-order valence-corrected chi connectivity index (χ2v) is 9.75. The SMILES string of the molecule is O=S(=O)(CCN1CCc2nc(-c3cccc(F)c3)sc2C1)c1ccccc1. The molecule has 0 atom stereocenters. The van der Waals surface area contributed by atoms with E-state index in [4.69, 9.17) is 0 Å². The number of nitrogens with zero attached hydrogens (tertiary/aromatic N) is 2. The molecule has 140 valence electrons. The first-order valence-corrected chi connectivity index (χ1v) is 11.2. The van der Waals surface area contributed by atoms with Crippen LogP contribution in [0.4, 0.5) is 4.39 Å². The van der Waals surface area contributed by atoms with E-state index in [-0.39, 0.29) is 11.6 Å². The van der Waals surface area contributed by atoms with Gasteiger partial charge in [0.2, 0.25) is 0 Å². The zero-order valence-corrected chi connectivity index (χ0v) is 16.3. The lowest BCUT2D eigenvalue weighted by atomic mass is 10.2. The molecule has 4 rings (SSSR count). The van der Waals surface area contributed by atoms with Gasteiger partial charge in [0.25, 0.3) is 0 Å². The third-order valence-electron chi connectivity index (χ3n) is 4.66. The maximum atomic E-state index is 13.5. The fraction of sp³-hybridized carbons (Fsp3) is 0.250. The van der Waals surface area contributed by atoms with Crippen molar-refractivity contribution in [3.05, 3.63) is 71.0 Å². The van der Waals surface area contributed by atoms with Crippen molar-refractivity contribution in [1.82, 2.24) is 9.88 Å². The van der Waals surface area contributed by atoms with Crippen LogP contribution in [0.15, 0.2) is 59.5 Å². The summed E-state index contributed by atoms with van der Waals surface area (Å²) in [6.07, 6.45) is 0.784. The van der Waals surface area contributed by atoms with E-state index in [1.807, 2.05) is 12.1 Å². The minimum Gasteiger partial charge on any atom is -0.297 e. The van der Waals surface area contributed by atoms with Crippen LogP contribution < -0.4 is 0 Å². The molecule has 2 heterocycles. The van der Waals surface area contributed by atoms with Gasteiger partial charge in [-0.15, -0.1) is 11.3 Å². The van der Waals surface area contributed by atoms with Gasteiger partial charge in [-0.2, -0.15) is 0 Å². The molecular weight excluding hydrogens is 383 g/mol. The molecule has 0 spiro atoms. The molecule has 1 aliphatic heterocycles. The van der Waals surface area contributed by atoms with Crippen LogP contribution in [-0.4, -0.2) is 37.1 Å². The zero-order chi connectivity index (χ0) is 18.9. The van der Waals surface area contributed by atoms with Crippen LogP contribution in [0.2, 0.25) is 0 Å². The number of hydrogen-bond acceptors (Lipinski definition) is 5. The molecule has 0 fully saturated rings. The summed E-state index contributed by atoms with van der Waals surface area (Å²) in [4.78, 5) is 8.32. The third kappa shape index (κ3) is 4.10. The van der Waals surface area contributed by atoms with Gasteiger partial charge in [-0.3, -0.25) is 4.90 Å². The number of thiazole rings is 1. The summed E-state index contributed by atoms with van der Waals surface area (Å²) in [6, 6.07) is 15.0. The molecule has 0 saturated heterocycles. The number of benzene rings is 2. The Labute approximate surface area is 162 Å². The second-order valence-electron chi connectivity index (χ2n) is 6.56. The Morgan fingerprint density at radius 1 is 1.11 bits per heavy atom. The maximum Gasteiger partial charge on any atom is 0.179 e. The minimum atomic E-state index is -3.28. The highest BCUT2D eigenvalue weighted by molar-refractivity contribution is 7.91. The van der Waals surface area contributed by atoms with Crippen molar-refractivity contribution in [3.63, 3.8) is 0 Å². The lowest BCUT2D eigenvalue weighted by Crippen LogP contribution is -2.33. The number of halogens is 1. The van der Waals surface area contributed by atoms with E-state index in [1.54, 1.807) is 41.7 Å². The maximum absolute atomic E-state index is 13.5. The number of aromatic nitrogens is 1. The Bertz CT molecular complexity index is 1050. The number of fused-ring (bicyclic) bond motifs is 1. The molecule has 0 bridgehead atoms. The fourth-order valence-electron chi connectivity index (χ4n) is 3.18. The van der Waals surface area contributed by atoms with Gasteiger partial charge in [0.15, 0.2) is 9.84 Å². The summed E-state index contributed by atoms with van der Waals surface area (Å²) in [6.45, 7) is 1.96. The molecule has 2 aromatic carbocycles. The van der Waals surface area contributed by atoms with Gasteiger partial charge in [-0.25, -0.2) is 17.8 Å².